The van der Waals surface area contributed by atoms with E-state index in [0.717, 1.165) is 21.9 Å². The van der Waals surface area contributed by atoms with E-state index in [1.165, 1.54) is 6.07 Å². The van der Waals surface area contributed by atoms with Gasteiger partial charge in [0.25, 0.3) is 0 Å². The summed E-state index contributed by atoms with van der Waals surface area (Å²) in [6.45, 7) is 0. The van der Waals surface area contributed by atoms with E-state index in [9.17, 15) is 4.39 Å². The number of hydrogen-bond donors (Lipinski definition) is 2. The zero-order chi connectivity index (χ0) is 14.8. The van der Waals surface area contributed by atoms with Gasteiger partial charge in [0.1, 0.15) is 5.82 Å². The van der Waals surface area contributed by atoms with Crippen LogP contribution in [-0.2, 0) is 0 Å². The van der Waals surface area contributed by atoms with Crippen molar-refractivity contribution in [2.45, 2.75) is 6.04 Å². The highest BCUT2D eigenvalue weighted by molar-refractivity contribution is 9.10. The molecule has 0 saturated heterocycles. The summed E-state index contributed by atoms with van der Waals surface area (Å²) in [5.74, 6) is 5.47. The predicted molar refractivity (Wildman–Crippen MR) is 87.2 cm³/mol. The van der Waals surface area contributed by atoms with Crippen molar-refractivity contribution in [3.05, 3.63) is 82.1 Å². The Balaban J connectivity index is 2.16. The van der Waals surface area contributed by atoms with Gasteiger partial charge in [-0.1, -0.05) is 48.5 Å². The summed E-state index contributed by atoms with van der Waals surface area (Å²) >= 11 is 3.22. The largest absolute Gasteiger partial charge is 0.271 e. The molecule has 0 spiro atoms. The van der Waals surface area contributed by atoms with Crippen molar-refractivity contribution in [2.24, 2.45) is 5.84 Å². The molecule has 0 heterocycles. The van der Waals surface area contributed by atoms with E-state index in [1.807, 2.05) is 24.3 Å². The van der Waals surface area contributed by atoms with Gasteiger partial charge in [0.05, 0.1) is 10.5 Å². The molecule has 1 unspecified atom stereocenters. The maximum Gasteiger partial charge on any atom is 0.137 e. The Morgan fingerprint density at radius 1 is 1.00 bits per heavy atom. The third kappa shape index (κ3) is 2.70. The second kappa shape index (κ2) is 5.93. The number of nitrogens with one attached hydrogen (secondary N) is 1. The molecule has 0 aliphatic carbocycles. The van der Waals surface area contributed by atoms with Crippen LogP contribution < -0.4 is 11.3 Å². The number of rotatable bonds is 3. The highest BCUT2D eigenvalue weighted by Gasteiger charge is 2.16. The molecular formula is C17H14BrFN2. The van der Waals surface area contributed by atoms with Gasteiger partial charge >= 0.3 is 0 Å². The molecule has 0 amide bonds. The highest BCUT2D eigenvalue weighted by atomic mass is 79.9. The van der Waals surface area contributed by atoms with Gasteiger partial charge < -0.3 is 0 Å². The summed E-state index contributed by atoms with van der Waals surface area (Å²) in [6, 6.07) is 19.0. The number of hydrogen-bond acceptors (Lipinski definition) is 2. The maximum absolute atomic E-state index is 13.4. The number of fused-ring (bicyclic) bond motifs is 1. The minimum absolute atomic E-state index is 0.201. The van der Waals surface area contributed by atoms with Gasteiger partial charge in [-0.3, -0.25) is 5.84 Å². The first-order valence-electron chi connectivity index (χ1n) is 6.59. The molecule has 0 fully saturated rings. The normalized spacial score (nSPS) is 12.5. The van der Waals surface area contributed by atoms with Crippen LogP contribution in [0.4, 0.5) is 4.39 Å². The maximum atomic E-state index is 13.4. The molecule has 4 heteroatoms. The van der Waals surface area contributed by atoms with E-state index < -0.39 is 0 Å². The summed E-state index contributed by atoms with van der Waals surface area (Å²) < 4.78 is 13.9. The average molecular weight is 345 g/mol. The third-order valence-corrected chi connectivity index (χ3v) is 4.19. The summed E-state index contributed by atoms with van der Waals surface area (Å²) in [4.78, 5) is 0. The minimum Gasteiger partial charge on any atom is -0.271 e. The van der Waals surface area contributed by atoms with Gasteiger partial charge in [-0.05, 0) is 50.0 Å². The van der Waals surface area contributed by atoms with E-state index in [1.54, 1.807) is 12.1 Å². The quantitative estimate of drug-likeness (QED) is 0.549. The number of halogens is 2. The van der Waals surface area contributed by atoms with E-state index in [0.29, 0.717) is 4.47 Å². The van der Waals surface area contributed by atoms with Crippen LogP contribution in [0.15, 0.2) is 65.1 Å². The summed E-state index contributed by atoms with van der Waals surface area (Å²) in [5, 5.41) is 2.28. The van der Waals surface area contributed by atoms with Gasteiger partial charge in [-0.15, -0.1) is 0 Å². The van der Waals surface area contributed by atoms with E-state index in [4.69, 9.17) is 5.84 Å². The molecule has 0 aliphatic heterocycles. The topological polar surface area (TPSA) is 38.0 Å². The lowest BCUT2D eigenvalue weighted by Crippen LogP contribution is -2.29. The van der Waals surface area contributed by atoms with Crippen LogP contribution in [0, 0.1) is 5.82 Å². The molecule has 0 aromatic heterocycles. The third-order valence-electron chi connectivity index (χ3n) is 3.58. The Morgan fingerprint density at radius 2 is 1.76 bits per heavy atom. The van der Waals surface area contributed by atoms with Crippen LogP contribution in [-0.4, -0.2) is 0 Å². The first-order valence-corrected chi connectivity index (χ1v) is 7.39. The average Bonchev–Trinajstić information content (AvgIpc) is 2.52. The van der Waals surface area contributed by atoms with E-state index >= 15 is 0 Å². The molecule has 21 heavy (non-hydrogen) atoms. The van der Waals surface area contributed by atoms with Gasteiger partial charge in [-0.25, -0.2) is 9.82 Å². The smallest absolute Gasteiger partial charge is 0.137 e. The van der Waals surface area contributed by atoms with Crippen molar-refractivity contribution in [2.75, 3.05) is 0 Å². The Morgan fingerprint density at radius 3 is 2.52 bits per heavy atom. The van der Waals surface area contributed by atoms with Crippen LogP contribution in [0.5, 0.6) is 0 Å². The van der Waals surface area contributed by atoms with Gasteiger partial charge in [0.15, 0.2) is 0 Å². The first kappa shape index (κ1) is 14.2. The molecule has 0 radical (unpaired) electrons. The molecule has 0 saturated carbocycles. The van der Waals surface area contributed by atoms with E-state index in [-0.39, 0.29) is 11.9 Å². The lowest BCUT2D eigenvalue weighted by atomic mass is 9.94. The Kier molecular flexibility index (Phi) is 4.01. The van der Waals surface area contributed by atoms with Crippen LogP contribution in [0.2, 0.25) is 0 Å². The fraction of sp³-hybridized carbons (Fsp3) is 0.0588. The Labute approximate surface area is 130 Å². The summed E-state index contributed by atoms with van der Waals surface area (Å²) in [7, 11) is 0. The fourth-order valence-corrected chi connectivity index (χ4v) is 2.96. The molecule has 3 aromatic rings. The summed E-state index contributed by atoms with van der Waals surface area (Å²) in [6.07, 6.45) is 0. The molecule has 0 aliphatic rings. The van der Waals surface area contributed by atoms with Crippen molar-refractivity contribution in [1.29, 1.82) is 0 Å². The lowest BCUT2D eigenvalue weighted by molar-refractivity contribution is 0.611. The van der Waals surface area contributed by atoms with Gasteiger partial charge in [0, 0.05) is 0 Å². The minimum atomic E-state index is -0.285. The predicted octanol–water partition coefficient (Wildman–Crippen LogP) is 4.29. The van der Waals surface area contributed by atoms with Crippen LogP contribution >= 0.6 is 15.9 Å². The standard InChI is InChI=1S/C17H14BrFN2/c18-15-10-12(8-9-16(15)19)17(21-20)14-7-3-5-11-4-1-2-6-13(11)14/h1-10,17,21H,20H2. The lowest BCUT2D eigenvalue weighted by Gasteiger charge is -2.19. The van der Waals surface area contributed by atoms with Gasteiger partial charge in [0.2, 0.25) is 0 Å². The molecule has 3 rings (SSSR count). The summed E-state index contributed by atoms with van der Waals surface area (Å²) in [5.41, 5.74) is 4.80. The second-order valence-corrected chi connectivity index (χ2v) is 5.70. The number of hydrazine groups is 1. The van der Waals surface area contributed by atoms with Crippen molar-refractivity contribution in [3.63, 3.8) is 0 Å². The van der Waals surface area contributed by atoms with Crippen molar-refractivity contribution in [1.82, 2.24) is 5.43 Å². The monoisotopic (exact) mass is 344 g/mol. The van der Waals surface area contributed by atoms with Crippen LogP contribution in [0.3, 0.4) is 0 Å². The Hall–Kier alpha value is -1.75. The van der Waals surface area contributed by atoms with E-state index in [2.05, 4.69) is 39.6 Å². The molecule has 0 bridgehead atoms. The Bertz CT molecular complexity index is 783. The zero-order valence-electron chi connectivity index (χ0n) is 11.2. The van der Waals surface area contributed by atoms with Crippen molar-refractivity contribution < 1.29 is 4.39 Å². The first-order chi connectivity index (χ1) is 10.2. The van der Waals surface area contributed by atoms with Crippen molar-refractivity contribution in [3.8, 4) is 0 Å². The molecule has 3 N–H and O–H groups in total. The molecule has 106 valence electrons. The molecule has 3 aromatic carbocycles. The zero-order valence-corrected chi connectivity index (χ0v) is 12.8. The number of nitrogens with two attached hydrogens (primary N) is 1. The van der Waals surface area contributed by atoms with Crippen molar-refractivity contribution >= 4 is 26.7 Å². The fourth-order valence-electron chi connectivity index (χ4n) is 2.56. The molecule has 2 nitrogen and oxygen atoms in total. The highest BCUT2D eigenvalue weighted by Crippen LogP contribution is 2.30. The SMILES string of the molecule is NNC(c1ccc(F)c(Br)c1)c1cccc2ccccc12. The van der Waals surface area contributed by atoms with Crippen LogP contribution in [0.1, 0.15) is 17.2 Å². The molecular weight excluding hydrogens is 331 g/mol. The molecule has 1 atom stereocenters. The van der Waals surface area contributed by atoms with Crippen LogP contribution in [0.25, 0.3) is 10.8 Å². The number of benzene rings is 3. The second-order valence-electron chi connectivity index (χ2n) is 4.84. The van der Waals surface area contributed by atoms with Gasteiger partial charge in [-0.2, -0.15) is 0 Å².